The number of rotatable bonds is 2. The Balaban J connectivity index is 0. The van der Waals surface area contributed by atoms with Gasteiger partial charge in [-0.2, -0.15) is 0 Å². The van der Waals surface area contributed by atoms with Crippen molar-refractivity contribution in [1.29, 1.82) is 0 Å². The van der Waals surface area contributed by atoms with Gasteiger partial charge < -0.3 is 0 Å². The molecular formula is C6H12Cl2. The zero-order valence-corrected chi connectivity index (χ0v) is 6.67. The largest absolute Gasteiger partial charge is 0.127 e. The van der Waals surface area contributed by atoms with Crippen molar-refractivity contribution < 1.29 is 0 Å². The maximum absolute atomic E-state index is 5.22. The predicted octanol–water partition coefficient (Wildman–Crippen LogP) is 3.05. The molecule has 0 bridgehead atoms. The highest BCUT2D eigenvalue weighted by Gasteiger charge is 1.72. The summed E-state index contributed by atoms with van der Waals surface area (Å²) < 4.78 is 0. The lowest BCUT2D eigenvalue weighted by molar-refractivity contribution is 1.11. The van der Waals surface area contributed by atoms with Gasteiger partial charge in [-0.05, 0) is 13.3 Å². The van der Waals surface area contributed by atoms with Crippen LogP contribution >= 0.6 is 23.2 Å². The van der Waals surface area contributed by atoms with Gasteiger partial charge in [0.15, 0.2) is 0 Å². The summed E-state index contributed by atoms with van der Waals surface area (Å²) in [5, 5.41) is 0. The van der Waals surface area contributed by atoms with Gasteiger partial charge in [-0.3, -0.25) is 0 Å². The van der Waals surface area contributed by atoms with Crippen LogP contribution in [0.2, 0.25) is 0 Å². The van der Waals surface area contributed by atoms with Gasteiger partial charge in [-0.25, -0.2) is 0 Å². The van der Waals surface area contributed by atoms with Gasteiger partial charge >= 0.3 is 0 Å². The lowest BCUT2D eigenvalue weighted by Gasteiger charge is -1.75. The number of halogens is 2. The normalized spacial score (nSPS) is 6.88. The molecule has 0 amide bonds. The van der Waals surface area contributed by atoms with Crippen molar-refractivity contribution in [2.75, 3.05) is 11.8 Å². The Morgan fingerprint density at radius 1 is 1.38 bits per heavy atom. The van der Waals surface area contributed by atoms with Crippen LogP contribution < -0.4 is 0 Å². The Bertz CT molecular complexity index is 33.5. The van der Waals surface area contributed by atoms with Crippen molar-refractivity contribution >= 4 is 23.2 Å². The quantitative estimate of drug-likeness (QED) is 0.424. The van der Waals surface area contributed by atoms with Gasteiger partial charge in [0.1, 0.15) is 0 Å². The van der Waals surface area contributed by atoms with Crippen molar-refractivity contribution in [1.82, 2.24) is 0 Å². The first-order chi connectivity index (χ1) is 3.83. The van der Waals surface area contributed by atoms with E-state index in [4.69, 9.17) is 23.2 Å². The molecule has 0 N–H and O–H groups in total. The first-order valence-electron chi connectivity index (χ1n) is 2.52. The lowest BCUT2D eigenvalue weighted by Crippen LogP contribution is -1.70. The van der Waals surface area contributed by atoms with E-state index in [1.807, 2.05) is 6.92 Å². The average molecular weight is 155 g/mol. The summed E-state index contributed by atoms with van der Waals surface area (Å²) in [5.41, 5.74) is 0. The molecule has 0 radical (unpaired) electrons. The minimum atomic E-state index is 0.684. The van der Waals surface area contributed by atoms with Crippen LogP contribution in [0.3, 0.4) is 0 Å². The molecule has 0 rings (SSSR count). The van der Waals surface area contributed by atoms with Gasteiger partial charge in [0.25, 0.3) is 0 Å². The van der Waals surface area contributed by atoms with Crippen molar-refractivity contribution in [3.05, 3.63) is 12.7 Å². The third-order valence-electron chi connectivity index (χ3n) is 0.267. The lowest BCUT2D eigenvalue weighted by atomic mass is 10.6. The molecule has 0 spiro atoms. The van der Waals surface area contributed by atoms with Crippen molar-refractivity contribution in [3.63, 3.8) is 0 Å². The van der Waals surface area contributed by atoms with E-state index in [1.54, 1.807) is 6.08 Å². The SMILES string of the molecule is C=CC.ClCCCCl. The van der Waals surface area contributed by atoms with Crippen LogP contribution in [0, 0.1) is 0 Å². The summed E-state index contributed by atoms with van der Waals surface area (Å²) in [6, 6.07) is 0. The minimum Gasteiger partial charge on any atom is -0.127 e. The molecule has 0 aromatic heterocycles. The second kappa shape index (κ2) is 15.7. The van der Waals surface area contributed by atoms with Crippen LogP contribution in [0.1, 0.15) is 13.3 Å². The zero-order valence-electron chi connectivity index (χ0n) is 5.16. The summed E-state index contributed by atoms with van der Waals surface area (Å²) in [6.07, 6.45) is 2.67. The molecule has 0 saturated heterocycles. The van der Waals surface area contributed by atoms with Crippen LogP contribution in [0.15, 0.2) is 12.7 Å². The summed E-state index contributed by atoms with van der Waals surface area (Å²) in [6.45, 7) is 5.25. The van der Waals surface area contributed by atoms with Crippen LogP contribution in [-0.2, 0) is 0 Å². The molecule has 2 heteroatoms. The molecule has 0 atom stereocenters. The summed E-state index contributed by atoms with van der Waals surface area (Å²) in [5.74, 6) is 1.37. The Labute approximate surface area is 61.5 Å². The molecule has 0 aliphatic heterocycles. The van der Waals surface area contributed by atoms with Gasteiger partial charge in [0, 0.05) is 11.8 Å². The molecule has 0 aliphatic carbocycles. The summed E-state index contributed by atoms with van der Waals surface area (Å²) >= 11 is 10.4. The fourth-order valence-electron chi connectivity index (χ4n) is 0.0505. The van der Waals surface area contributed by atoms with E-state index in [0.29, 0.717) is 11.8 Å². The van der Waals surface area contributed by atoms with E-state index in [1.165, 1.54) is 0 Å². The van der Waals surface area contributed by atoms with Crippen molar-refractivity contribution in [2.24, 2.45) is 0 Å². The van der Waals surface area contributed by atoms with Crippen molar-refractivity contribution in [3.8, 4) is 0 Å². The first-order valence-corrected chi connectivity index (χ1v) is 3.59. The molecule has 0 aromatic rings. The first kappa shape index (κ1) is 11.2. The highest BCUT2D eigenvalue weighted by Crippen LogP contribution is 1.84. The molecule has 0 fully saturated rings. The second-order valence-electron chi connectivity index (χ2n) is 1.14. The van der Waals surface area contributed by atoms with E-state index in [9.17, 15) is 0 Å². The molecular weight excluding hydrogens is 143 g/mol. The highest BCUT2D eigenvalue weighted by molar-refractivity contribution is 6.20. The molecule has 0 unspecified atom stereocenters. The van der Waals surface area contributed by atoms with E-state index < -0.39 is 0 Å². The molecule has 0 aromatic carbocycles. The topological polar surface area (TPSA) is 0 Å². The van der Waals surface area contributed by atoms with E-state index >= 15 is 0 Å². The summed E-state index contributed by atoms with van der Waals surface area (Å²) in [4.78, 5) is 0. The van der Waals surface area contributed by atoms with E-state index in [2.05, 4.69) is 6.58 Å². The van der Waals surface area contributed by atoms with Crippen LogP contribution in [-0.4, -0.2) is 11.8 Å². The molecule has 0 aliphatic rings. The minimum absolute atomic E-state index is 0.684. The Kier molecular flexibility index (Phi) is 21.9. The Morgan fingerprint density at radius 2 is 1.62 bits per heavy atom. The fourth-order valence-corrected chi connectivity index (χ4v) is 0.455. The Morgan fingerprint density at radius 3 is 1.62 bits per heavy atom. The average Bonchev–Trinajstić information content (AvgIpc) is 1.71. The van der Waals surface area contributed by atoms with Crippen LogP contribution in [0.25, 0.3) is 0 Å². The number of hydrogen-bond acceptors (Lipinski definition) is 0. The van der Waals surface area contributed by atoms with Crippen molar-refractivity contribution in [2.45, 2.75) is 13.3 Å². The predicted molar refractivity (Wildman–Crippen MR) is 41.9 cm³/mol. The monoisotopic (exact) mass is 154 g/mol. The molecule has 0 nitrogen and oxygen atoms in total. The maximum atomic E-state index is 5.22. The smallest absolute Gasteiger partial charge is 0.0234 e. The van der Waals surface area contributed by atoms with Gasteiger partial charge in [0.05, 0.1) is 0 Å². The molecule has 0 heterocycles. The van der Waals surface area contributed by atoms with Crippen LogP contribution in [0.5, 0.6) is 0 Å². The number of hydrogen-bond donors (Lipinski definition) is 0. The number of alkyl halides is 2. The molecule has 8 heavy (non-hydrogen) atoms. The van der Waals surface area contributed by atoms with Gasteiger partial charge in [0.2, 0.25) is 0 Å². The van der Waals surface area contributed by atoms with Gasteiger partial charge in [-0.1, -0.05) is 6.08 Å². The van der Waals surface area contributed by atoms with E-state index in [0.717, 1.165) is 6.42 Å². The molecule has 0 saturated carbocycles. The van der Waals surface area contributed by atoms with E-state index in [-0.39, 0.29) is 0 Å². The van der Waals surface area contributed by atoms with Crippen LogP contribution in [0.4, 0.5) is 0 Å². The second-order valence-corrected chi connectivity index (χ2v) is 1.90. The van der Waals surface area contributed by atoms with Gasteiger partial charge in [-0.15, -0.1) is 29.8 Å². The third kappa shape index (κ3) is 33.2. The maximum Gasteiger partial charge on any atom is 0.0234 e. The Hall–Kier alpha value is 0.320. The summed E-state index contributed by atoms with van der Waals surface area (Å²) in [7, 11) is 0. The number of allylic oxidation sites excluding steroid dienone is 1. The fraction of sp³-hybridized carbons (Fsp3) is 0.667. The third-order valence-corrected chi connectivity index (χ3v) is 0.802. The zero-order chi connectivity index (χ0) is 6.83. The standard InChI is InChI=1S/C3H6Cl2.C3H6/c4-2-1-3-5;1-3-2/h1-3H2;3H,1H2,2H3. The molecule has 50 valence electrons. The highest BCUT2D eigenvalue weighted by atomic mass is 35.5.